The smallest absolute Gasteiger partial charge is 0.328 e. The Kier molecular flexibility index (Phi) is 5.06. The Morgan fingerprint density at radius 1 is 1.07 bits per heavy atom. The standard InChI is InChI=1S/C25H25NO4/c1-25(2)12-11-19-20(14-25)17-5-3-4-6-18(17)22(23(19)28)26-21(24(29)30)13-15-7-9-16(27)10-8-15/h3-10,21,27H,11-14H2,1-2H3,(H,29,30). The summed E-state index contributed by atoms with van der Waals surface area (Å²) in [5, 5.41) is 19.2. The van der Waals surface area contributed by atoms with Crippen LogP contribution in [-0.4, -0.2) is 33.7 Å². The number of phenolic OH excluding ortho intramolecular Hbond substituents is 1. The minimum atomic E-state index is -1.08. The van der Waals surface area contributed by atoms with Crippen molar-refractivity contribution in [1.82, 2.24) is 0 Å². The van der Waals surface area contributed by atoms with E-state index in [1.54, 1.807) is 12.1 Å². The van der Waals surface area contributed by atoms with Crippen LogP contribution in [0.2, 0.25) is 0 Å². The molecule has 2 aromatic carbocycles. The summed E-state index contributed by atoms with van der Waals surface area (Å²) in [6.07, 6.45) is 2.58. The molecule has 5 heteroatoms. The molecule has 154 valence electrons. The summed E-state index contributed by atoms with van der Waals surface area (Å²) >= 11 is 0. The van der Waals surface area contributed by atoms with Gasteiger partial charge in [0.25, 0.3) is 0 Å². The third-order valence-electron chi connectivity index (χ3n) is 6.00. The topological polar surface area (TPSA) is 87.0 Å². The van der Waals surface area contributed by atoms with Crippen molar-refractivity contribution in [3.05, 3.63) is 70.8 Å². The van der Waals surface area contributed by atoms with Gasteiger partial charge in [0.2, 0.25) is 5.78 Å². The van der Waals surface area contributed by atoms with Gasteiger partial charge in [-0.1, -0.05) is 50.2 Å². The molecule has 0 amide bonds. The normalized spacial score (nSPS) is 19.9. The Bertz CT molecular complexity index is 1080. The van der Waals surface area contributed by atoms with Gasteiger partial charge in [-0.15, -0.1) is 0 Å². The van der Waals surface area contributed by atoms with Gasteiger partial charge in [-0.2, -0.15) is 0 Å². The van der Waals surface area contributed by atoms with E-state index in [0.717, 1.165) is 40.7 Å². The molecule has 0 aromatic heterocycles. The maximum Gasteiger partial charge on any atom is 0.328 e. The van der Waals surface area contributed by atoms with Gasteiger partial charge in [-0.25, -0.2) is 4.79 Å². The molecular formula is C25H25NO4. The second-order valence-electron chi connectivity index (χ2n) is 8.88. The molecular weight excluding hydrogens is 378 g/mol. The number of fused-ring (bicyclic) bond motifs is 2. The summed E-state index contributed by atoms with van der Waals surface area (Å²) in [5.74, 6) is -1.10. The number of aromatic hydroxyl groups is 1. The number of hydrogen-bond donors (Lipinski definition) is 2. The van der Waals surface area contributed by atoms with E-state index in [0.29, 0.717) is 6.42 Å². The van der Waals surface area contributed by atoms with Gasteiger partial charge in [0.1, 0.15) is 11.5 Å². The number of Topliss-reactive ketones (excluding diaryl/α,β-unsaturated/α-hetero) is 1. The monoisotopic (exact) mass is 403 g/mol. The number of ketones is 1. The van der Waals surface area contributed by atoms with Gasteiger partial charge in [-0.3, -0.25) is 9.79 Å². The van der Waals surface area contributed by atoms with Crippen molar-refractivity contribution in [3.63, 3.8) is 0 Å². The summed E-state index contributed by atoms with van der Waals surface area (Å²) in [4.78, 5) is 29.8. The van der Waals surface area contributed by atoms with E-state index >= 15 is 0 Å². The third-order valence-corrected chi connectivity index (χ3v) is 6.00. The zero-order valence-electron chi connectivity index (χ0n) is 17.2. The minimum Gasteiger partial charge on any atom is -0.508 e. The lowest BCUT2D eigenvalue weighted by Crippen LogP contribution is -2.32. The lowest BCUT2D eigenvalue weighted by Gasteiger charge is -2.36. The van der Waals surface area contributed by atoms with Gasteiger partial charge in [0.15, 0.2) is 6.04 Å². The van der Waals surface area contributed by atoms with Crippen LogP contribution < -0.4 is 0 Å². The van der Waals surface area contributed by atoms with E-state index in [1.807, 2.05) is 24.3 Å². The number of benzene rings is 2. The van der Waals surface area contributed by atoms with E-state index < -0.39 is 12.0 Å². The fourth-order valence-electron chi connectivity index (χ4n) is 4.34. The Labute approximate surface area is 175 Å². The van der Waals surface area contributed by atoms with E-state index in [9.17, 15) is 19.8 Å². The van der Waals surface area contributed by atoms with Crippen molar-refractivity contribution in [3.8, 4) is 5.75 Å². The number of rotatable bonds is 4. The number of carboxylic acids is 1. The number of hydrogen-bond acceptors (Lipinski definition) is 4. The van der Waals surface area contributed by atoms with Crippen molar-refractivity contribution < 1.29 is 19.8 Å². The number of aliphatic imine (C=N–C) groups is 1. The highest BCUT2D eigenvalue weighted by molar-refractivity contribution is 6.54. The van der Waals surface area contributed by atoms with Crippen molar-refractivity contribution in [1.29, 1.82) is 0 Å². The fourth-order valence-corrected chi connectivity index (χ4v) is 4.34. The first-order valence-electron chi connectivity index (χ1n) is 10.2. The van der Waals surface area contributed by atoms with Crippen molar-refractivity contribution in [2.75, 3.05) is 0 Å². The van der Waals surface area contributed by atoms with Crippen LogP contribution >= 0.6 is 0 Å². The Morgan fingerprint density at radius 3 is 2.40 bits per heavy atom. The minimum absolute atomic E-state index is 0.119. The first-order valence-corrected chi connectivity index (χ1v) is 10.2. The number of carbonyl (C=O) groups excluding carboxylic acids is 1. The highest BCUT2D eigenvalue weighted by atomic mass is 16.4. The predicted molar refractivity (Wildman–Crippen MR) is 116 cm³/mol. The highest BCUT2D eigenvalue weighted by Gasteiger charge is 2.37. The molecule has 0 heterocycles. The predicted octanol–water partition coefficient (Wildman–Crippen LogP) is 4.42. The maximum atomic E-state index is 13.4. The summed E-state index contributed by atoms with van der Waals surface area (Å²) in [6, 6.07) is 13.0. The van der Waals surface area contributed by atoms with Crippen LogP contribution in [0.15, 0.2) is 59.1 Å². The van der Waals surface area contributed by atoms with Crippen LogP contribution in [-0.2, 0) is 16.0 Å². The molecule has 5 nitrogen and oxygen atoms in total. The van der Waals surface area contributed by atoms with Gasteiger partial charge in [-0.05, 0) is 53.5 Å². The Balaban J connectivity index is 1.77. The molecule has 0 saturated heterocycles. The Hall–Kier alpha value is -3.21. The van der Waals surface area contributed by atoms with E-state index in [4.69, 9.17) is 0 Å². The van der Waals surface area contributed by atoms with Crippen LogP contribution in [0.1, 0.15) is 49.8 Å². The molecule has 30 heavy (non-hydrogen) atoms. The second kappa shape index (κ2) is 7.56. The van der Waals surface area contributed by atoms with Crippen molar-refractivity contribution >= 4 is 23.0 Å². The van der Waals surface area contributed by atoms with Crippen molar-refractivity contribution in [2.24, 2.45) is 10.4 Å². The molecule has 2 aromatic rings. The van der Waals surface area contributed by atoms with Crippen LogP contribution in [0.4, 0.5) is 0 Å². The number of nitrogens with zero attached hydrogens (tertiary/aromatic N) is 1. The van der Waals surface area contributed by atoms with E-state index in [-0.39, 0.29) is 29.1 Å². The number of phenols is 1. The number of allylic oxidation sites excluding steroid dienone is 2. The molecule has 0 spiro atoms. The molecule has 0 saturated carbocycles. The summed E-state index contributed by atoms with van der Waals surface area (Å²) in [7, 11) is 0. The maximum absolute atomic E-state index is 13.4. The molecule has 2 aliphatic rings. The zero-order chi connectivity index (χ0) is 21.5. The number of aliphatic carboxylic acids is 1. The zero-order valence-corrected chi connectivity index (χ0v) is 17.2. The SMILES string of the molecule is CC1(C)CCC2=C(C1)c1ccccc1C(=NC(Cc1ccc(O)cc1)C(=O)O)C2=O. The lowest BCUT2D eigenvalue weighted by atomic mass is 9.68. The van der Waals surface area contributed by atoms with Gasteiger partial charge < -0.3 is 10.2 Å². The van der Waals surface area contributed by atoms with Crippen LogP contribution in [0.3, 0.4) is 0 Å². The van der Waals surface area contributed by atoms with Crippen LogP contribution in [0.25, 0.3) is 5.57 Å². The fraction of sp³-hybridized carbons (Fsp3) is 0.320. The van der Waals surface area contributed by atoms with Crippen LogP contribution in [0.5, 0.6) is 5.75 Å². The molecule has 0 bridgehead atoms. The summed E-state index contributed by atoms with van der Waals surface area (Å²) in [5.41, 5.74) is 4.68. The largest absolute Gasteiger partial charge is 0.508 e. The van der Waals surface area contributed by atoms with Gasteiger partial charge in [0.05, 0.1) is 0 Å². The van der Waals surface area contributed by atoms with E-state index in [2.05, 4.69) is 18.8 Å². The van der Waals surface area contributed by atoms with Crippen LogP contribution in [0, 0.1) is 5.41 Å². The first-order chi connectivity index (χ1) is 14.2. The van der Waals surface area contributed by atoms with Gasteiger partial charge in [0, 0.05) is 17.6 Å². The quantitative estimate of drug-likeness (QED) is 0.791. The molecule has 1 atom stereocenters. The molecule has 1 unspecified atom stereocenters. The summed E-state index contributed by atoms with van der Waals surface area (Å²) in [6.45, 7) is 4.43. The van der Waals surface area contributed by atoms with E-state index in [1.165, 1.54) is 12.1 Å². The first kappa shape index (κ1) is 20.1. The molecule has 2 N–H and O–H groups in total. The highest BCUT2D eigenvalue weighted by Crippen LogP contribution is 2.46. The molecule has 2 aliphatic carbocycles. The lowest BCUT2D eigenvalue weighted by molar-refractivity contribution is -0.138. The second-order valence-corrected chi connectivity index (χ2v) is 8.88. The third kappa shape index (κ3) is 3.80. The summed E-state index contributed by atoms with van der Waals surface area (Å²) < 4.78 is 0. The number of carboxylic acid groups (broad SMARTS) is 1. The average molecular weight is 403 g/mol. The molecule has 0 fully saturated rings. The molecule has 4 rings (SSSR count). The molecule has 0 aliphatic heterocycles. The number of carbonyl (C=O) groups is 2. The van der Waals surface area contributed by atoms with Crippen molar-refractivity contribution in [2.45, 2.75) is 45.6 Å². The van der Waals surface area contributed by atoms with Gasteiger partial charge >= 0.3 is 5.97 Å². The average Bonchev–Trinajstić information content (AvgIpc) is 2.71. The Morgan fingerprint density at radius 2 is 1.73 bits per heavy atom. The molecule has 0 radical (unpaired) electrons.